The summed E-state index contributed by atoms with van der Waals surface area (Å²) < 4.78 is 5.51. The van der Waals surface area contributed by atoms with Crippen molar-refractivity contribution in [3.63, 3.8) is 0 Å². The van der Waals surface area contributed by atoms with Gasteiger partial charge in [-0.2, -0.15) is 0 Å². The molecule has 0 saturated carbocycles. The van der Waals surface area contributed by atoms with Gasteiger partial charge in [0.15, 0.2) is 0 Å². The van der Waals surface area contributed by atoms with Crippen molar-refractivity contribution in [3.8, 4) is 0 Å². The maximum Gasteiger partial charge on any atom is 0.220 e. The monoisotopic (exact) mass is 248 g/mol. The van der Waals surface area contributed by atoms with Crippen LogP contribution >= 0.6 is 0 Å². The average Bonchev–Trinajstić information content (AvgIpc) is 2.45. The highest BCUT2D eigenvalue weighted by Gasteiger charge is 2.13. The van der Waals surface area contributed by atoms with Gasteiger partial charge in [0.25, 0.3) is 0 Å². The Morgan fingerprint density at radius 2 is 2.22 bits per heavy atom. The first-order valence-electron chi connectivity index (χ1n) is 6.47. The molecule has 1 saturated heterocycles. The van der Waals surface area contributed by atoms with Gasteiger partial charge in [-0.25, -0.2) is 0 Å². The van der Waals surface area contributed by atoms with Gasteiger partial charge < -0.3 is 15.4 Å². The Balaban J connectivity index is 1.63. The zero-order chi connectivity index (χ0) is 12.6. The number of hydrogen-bond acceptors (Lipinski definition) is 3. The molecule has 98 valence electrons. The van der Waals surface area contributed by atoms with E-state index in [4.69, 9.17) is 4.74 Å². The van der Waals surface area contributed by atoms with E-state index in [1.54, 1.807) is 0 Å². The Bertz CT molecular complexity index is 361. The fourth-order valence-corrected chi connectivity index (χ4v) is 1.97. The molecule has 1 aliphatic heterocycles. The third-order valence-electron chi connectivity index (χ3n) is 3.01. The molecule has 0 radical (unpaired) electrons. The van der Waals surface area contributed by atoms with Gasteiger partial charge in [-0.1, -0.05) is 30.3 Å². The molecule has 1 fully saturated rings. The quantitative estimate of drug-likeness (QED) is 0.807. The minimum Gasteiger partial charge on any atom is -0.374 e. The van der Waals surface area contributed by atoms with Crippen LogP contribution in [0.5, 0.6) is 0 Å². The molecule has 1 unspecified atom stereocenters. The fraction of sp³-hybridized carbons (Fsp3) is 0.500. The second-order valence-electron chi connectivity index (χ2n) is 4.49. The van der Waals surface area contributed by atoms with E-state index in [-0.39, 0.29) is 12.0 Å². The molecular formula is C14H20N2O2. The van der Waals surface area contributed by atoms with Gasteiger partial charge in [0.05, 0.1) is 12.7 Å². The Hall–Kier alpha value is -1.39. The van der Waals surface area contributed by atoms with Crippen molar-refractivity contribution in [1.29, 1.82) is 0 Å². The van der Waals surface area contributed by atoms with Crippen LogP contribution in [0.3, 0.4) is 0 Å². The molecule has 1 heterocycles. The smallest absolute Gasteiger partial charge is 0.220 e. The van der Waals surface area contributed by atoms with Crippen molar-refractivity contribution in [2.75, 3.05) is 26.2 Å². The van der Waals surface area contributed by atoms with Gasteiger partial charge in [-0.05, 0) is 12.0 Å². The number of carbonyl (C=O) groups excluding carboxylic acids is 1. The molecule has 1 aromatic rings. The minimum atomic E-state index is 0.0908. The first kappa shape index (κ1) is 13.1. The zero-order valence-corrected chi connectivity index (χ0v) is 10.5. The Morgan fingerprint density at radius 1 is 1.39 bits per heavy atom. The van der Waals surface area contributed by atoms with Gasteiger partial charge in [-0.15, -0.1) is 0 Å². The first-order valence-corrected chi connectivity index (χ1v) is 6.47. The summed E-state index contributed by atoms with van der Waals surface area (Å²) in [6, 6.07) is 10.1. The highest BCUT2D eigenvalue weighted by atomic mass is 16.5. The predicted octanol–water partition coefficient (Wildman–Crippen LogP) is 0.724. The van der Waals surface area contributed by atoms with Crippen LogP contribution in [-0.4, -0.2) is 38.3 Å². The summed E-state index contributed by atoms with van der Waals surface area (Å²) in [5.74, 6) is 0.0908. The van der Waals surface area contributed by atoms with Crippen molar-refractivity contribution in [3.05, 3.63) is 35.9 Å². The van der Waals surface area contributed by atoms with Crippen LogP contribution in [0.25, 0.3) is 0 Å². The van der Waals surface area contributed by atoms with Crippen LogP contribution in [0.2, 0.25) is 0 Å². The second kappa shape index (κ2) is 7.13. The summed E-state index contributed by atoms with van der Waals surface area (Å²) in [4.78, 5) is 11.7. The Labute approximate surface area is 108 Å². The van der Waals surface area contributed by atoms with Gasteiger partial charge >= 0.3 is 0 Å². The summed E-state index contributed by atoms with van der Waals surface area (Å²) in [7, 11) is 0. The molecule has 2 N–H and O–H groups in total. The number of benzene rings is 1. The van der Waals surface area contributed by atoms with Gasteiger partial charge in [-0.3, -0.25) is 4.79 Å². The lowest BCUT2D eigenvalue weighted by molar-refractivity contribution is -0.121. The van der Waals surface area contributed by atoms with E-state index in [9.17, 15) is 4.79 Å². The number of carbonyl (C=O) groups is 1. The number of nitrogens with one attached hydrogen (secondary N) is 2. The van der Waals surface area contributed by atoms with Crippen molar-refractivity contribution in [2.24, 2.45) is 0 Å². The Kier molecular flexibility index (Phi) is 5.17. The van der Waals surface area contributed by atoms with E-state index >= 15 is 0 Å². The van der Waals surface area contributed by atoms with Crippen LogP contribution in [0.1, 0.15) is 12.0 Å². The lowest BCUT2D eigenvalue weighted by Gasteiger charge is -2.23. The molecule has 0 aromatic heterocycles. The van der Waals surface area contributed by atoms with E-state index in [1.807, 2.05) is 30.3 Å². The van der Waals surface area contributed by atoms with Crippen LogP contribution in [0.4, 0.5) is 0 Å². The molecule has 4 nitrogen and oxygen atoms in total. The SMILES string of the molecule is O=C(CCc1ccccc1)NCC1CNCCO1. The molecular weight excluding hydrogens is 228 g/mol. The standard InChI is InChI=1S/C14H20N2O2/c17-14(7-6-12-4-2-1-3-5-12)16-11-13-10-15-8-9-18-13/h1-5,13,15H,6-11H2,(H,16,17). The summed E-state index contributed by atoms with van der Waals surface area (Å²) in [6.07, 6.45) is 1.43. The molecule has 0 aliphatic carbocycles. The minimum absolute atomic E-state index is 0.0908. The number of amides is 1. The predicted molar refractivity (Wildman–Crippen MR) is 70.4 cm³/mol. The normalized spacial score (nSPS) is 19.4. The molecule has 0 spiro atoms. The van der Waals surface area contributed by atoms with Crippen molar-refractivity contribution >= 4 is 5.91 Å². The van der Waals surface area contributed by atoms with Gasteiger partial charge in [0.2, 0.25) is 5.91 Å². The molecule has 18 heavy (non-hydrogen) atoms. The maximum absolute atomic E-state index is 11.7. The average molecular weight is 248 g/mol. The second-order valence-corrected chi connectivity index (χ2v) is 4.49. The van der Waals surface area contributed by atoms with Gasteiger partial charge in [0.1, 0.15) is 0 Å². The molecule has 4 heteroatoms. The Morgan fingerprint density at radius 3 is 2.94 bits per heavy atom. The van der Waals surface area contributed by atoms with Crippen molar-refractivity contribution in [2.45, 2.75) is 18.9 Å². The third kappa shape index (κ3) is 4.47. The highest BCUT2D eigenvalue weighted by molar-refractivity contribution is 5.76. The summed E-state index contributed by atoms with van der Waals surface area (Å²) in [5, 5.41) is 6.16. The van der Waals surface area contributed by atoms with Gasteiger partial charge in [0, 0.05) is 26.1 Å². The molecule has 0 bridgehead atoms. The molecule has 1 aromatic carbocycles. The first-order chi connectivity index (χ1) is 8.84. The van der Waals surface area contributed by atoms with Crippen LogP contribution < -0.4 is 10.6 Å². The van der Waals surface area contributed by atoms with E-state index < -0.39 is 0 Å². The van der Waals surface area contributed by atoms with Crippen molar-refractivity contribution in [1.82, 2.24) is 10.6 Å². The van der Waals surface area contributed by atoms with E-state index in [0.717, 1.165) is 26.1 Å². The molecule has 1 aliphatic rings. The maximum atomic E-state index is 11.7. The lowest BCUT2D eigenvalue weighted by Crippen LogP contribution is -2.45. The summed E-state index contributed by atoms with van der Waals surface area (Å²) in [5.41, 5.74) is 1.20. The number of hydrogen-bond donors (Lipinski definition) is 2. The van der Waals surface area contributed by atoms with E-state index in [1.165, 1.54) is 5.56 Å². The largest absolute Gasteiger partial charge is 0.374 e. The van der Waals surface area contributed by atoms with Crippen LogP contribution in [0.15, 0.2) is 30.3 Å². The number of rotatable bonds is 5. The number of morpholine rings is 1. The fourth-order valence-electron chi connectivity index (χ4n) is 1.97. The molecule has 1 atom stereocenters. The number of aryl methyl sites for hydroxylation is 1. The van der Waals surface area contributed by atoms with Crippen LogP contribution in [-0.2, 0) is 16.0 Å². The third-order valence-corrected chi connectivity index (χ3v) is 3.01. The topological polar surface area (TPSA) is 50.4 Å². The zero-order valence-electron chi connectivity index (χ0n) is 10.5. The highest BCUT2D eigenvalue weighted by Crippen LogP contribution is 2.02. The molecule has 2 rings (SSSR count). The summed E-state index contributed by atoms with van der Waals surface area (Å²) in [6.45, 7) is 3.04. The van der Waals surface area contributed by atoms with E-state index in [2.05, 4.69) is 10.6 Å². The summed E-state index contributed by atoms with van der Waals surface area (Å²) >= 11 is 0. The van der Waals surface area contributed by atoms with Crippen molar-refractivity contribution < 1.29 is 9.53 Å². The molecule has 1 amide bonds. The van der Waals surface area contributed by atoms with Crippen LogP contribution in [0, 0.1) is 0 Å². The lowest BCUT2D eigenvalue weighted by atomic mass is 10.1. The van der Waals surface area contributed by atoms with E-state index in [0.29, 0.717) is 13.0 Å². The number of ether oxygens (including phenoxy) is 1.